The van der Waals surface area contributed by atoms with Crippen LogP contribution in [-0.4, -0.2) is 80.9 Å². The number of nitrogens with zero attached hydrogens (tertiary/aromatic N) is 3. The Morgan fingerprint density at radius 3 is 2.57 bits per heavy atom. The van der Waals surface area contributed by atoms with Gasteiger partial charge in [0.25, 0.3) is 0 Å². The molecule has 3 amide bonds. The maximum atomic E-state index is 14.0. The lowest BCUT2D eigenvalue weighted by molar-refractivity contribution is -0.144. The molecular formula is C27H33N3O4S. The number of hydrogen-bond acceptors (Lipinski definition) is 5. The third-order valence-corrected chi connectivity index (χ3v) is 9.58. The maximum absolute atomic E-state index is 14.0. The Morgan fingerprint density at radius 1 is 1.09 bits per heavy atom. The minimum atomic E-state index is -0.834. The van der Waals surface area contributed by atoms with Crippen molar-refractivity contribution in [3.8, 4) is 0 Å². The van der Waals surface area contributed by atoms with Crippen LogP contribution in [0.15, 0.2) is 54.6 Å². The Kier molecular flexibility index (Phi) is 6.53. The van der Waals surface area contributed by atoms with Gasteiger partial charge in [0.2, 0.25) is 17.7 Å². The molecule has 1 spiro atoms. The summed E-state index contributed by atoms with van der Waals surface area (Å²) in [6.07, 6.45) is 9.92. The Hall–Kier alpha value is -2.58. The predicted octanol–water partition coefficient (Wildman–Crippen LogP) is 2.47. The molecule has 0 radical (unpaired) electrons. The van der Waals surface area contributed by atoms with Crippen molar-refractivity contribution in [3.05, 3.63) is 54.6 Å². The highest BCUT2D eigenvalue weighted by Crippen LogP contribution is 2.61. The highest BCUT2D eigenvalue weighted by atomic mass is 32.2. The highest BCUT2D eigenvalue weighted by Gasteiger charge is 2.71. The zero-order valence-electron chi connectivity index (χ0n) is 20.2. The molecule has 186 valence electrons. The molecular weight excluding hydrogens is 462 g/mol. The summed E-state index contributed by atoms with van der Waals surface area (Å²) >= 11 is 1.58. The lowest BCUT2D eigenvalue weighted by Crippen LogP contribution is -2.55. The van der Waals surface area contributed by atoms with Crippen LogP contribution in [-0.2, 0) is 14.4 Å². The van der Waals surface area contributed by atoms with E-state index in [0.29, 0.717) is 13.1 Å². The van der Waals surface area contributed by atoms with E-state index in [2.05, 4.69) is 6.92 Å². The second kappa shape index (κ2) is 9.47. The molecule has 1 aromatic rings. The van der Waals surface area contributed by atoms with E-state index in [4.69, 9.17) is 0 Å². The number of hydrogen-bond donors (Lipinski definition) is 1. The molecule has 0 aromatic heterocycles. The van der Waals surface area contributed by atoms with Crippen LogP contribution in [0, 0.1) is 11.8 Å². The number of amides is 3. The van der Waals surface area contributed by atoms with Crippen LogP contribution in [0.3, 0.4) is 0 Å². The number of anilines is 1. The molecule has 6 atom stereocenters. The van der Waals surface area contributed by atoms with Gasteiger partial charge in [0.15, 0.2) is 0 Å². The van der Waals surface area contributed by atoms with Crippen LogP contribution < -0.4 is 4.90 Å². The van der Waals surface area contributed by atoms with E-state index < -0.39 is 22.6 Å². The fourth-order valence-electron chi connectivity index (χ4n) is 6.31. The minimum absolute atomic E-state index is 0.0457. The fraction of sp³-hybridized carbons (Fsp3) is 0.519. The lowest BCUT2D eigenvalue weighted by Gasteiger charge is -2.37. The van der Waals surface area contributed by atoms with Gasteiger partial charge in [0, 0.05) is 36.6 Å². The van der Waals surface area contributed by atoms with E-state index in [1.165, 1.54) is 0 Å². The highest BCUT2D eigenvalue weighted by molar-refractivity contribution is 8.02. The van der Waals surface area contributed by atoms with Crippen LogP contribution in [0.2, 0.25) is 0 Å². The van der Waals surface area contributed by atoms with Crippen molar-refractivity contribution in [1.29, 1.82) is 0 Å². The Balaban J connectivity index is 1.58. The van der Waals surface area contributed by atoms with Crippen molar-refractivity contribution in [1.82, 2.24) is 9.80 Å². The predicted molar refractivity (Wildman–Crippen MR) is 137 cm³/mol. The van der Waals surface area contributed by atoms with Gasteiger partial charge in [0.05, 0.1) is 23.2 Å². The normalized spacial score (nSPS) is 32.9. The van der Waals surface area contributed by atoms with Gasteiger partial charge in [-0.05, 0) is 25.5 Å². The van der Waals surface area contributed by atoms with E-state index in [1.54, 1.807) is 21.6 Å². The average Bonchev–Trinajstić information content (AvgIpc) is 3.15. The third-order valence-electron chi connectivity index (χ3n) is 7.84. The zero-order chi connectivity index (χ0) is 24.7. The molecule has 8 heteroatoms. The van der Waals surface area contributed by atoms with E-state index in [1.807, 2.05) is 66.5 Å². The summed E-state index contributed by atoms with van der Waals surface area (Å²) in [4.78, 5) is 47.2. The average molecular weight is 496 g/mol. The van der Waals surface area contributed by atoms with Gasteiger partial charge < -0.3 is 19.8 Å². The lowest BCUT2D eigenvalue weighted by atomic mass is 9.78. The van der Waals surface area contributed by atoms with Crippen molar-refractivity contribution < 1.29 is 19.5 Å². The fourth-order valence-corrected chi connectivity index (χ4v) is 8.32. The van der Waals surface area contributed by atoms with Crippen LogP contribution in [0.5, 0.6) is 0 Å². The van der Waals surface area contributed by atoms with Gasteiger partial charge >= 0.3 is 0 Å². The third kappa shape index (κ3) is 3.73. The summed E-state index contributed by atoms with van der Waals surface area (Å²) in [6.45, 7) is 4.94. The number of benzene rings is 1. The number of aliphatic hydroxyl groups excluding tert-OH is 1. The first-order chi connectivity index (χ1) is 16.9. The maximum Gasteiger partial charge on any atom is 0.247 e. The van der Waals surface area contributed by atoms with Gasteiger partial charge in [0.1, 0.15) is 6.04 Å². The van der Waals surface area contributed by atoms with Gasteiger partial charge in [-0.25, -0.2) is 0 Å². The summed E-state index contributed by atoms with van der Waals surface area (Å²) < 4.78 is -0.834. The number of carbonyl (C=O) groups excluding carboxylic acids is 3. The monoisotopic (exact) mass is 495 g/mol. The van der Waals surface area contributed by atoms with Crippen molar-refractivity contribution in [2.24, 2.45) is 11.8 Å². The Bertz CT molecular complexity index is 1060. The molecule has 5 rings (SSSR count). The molecule has 2 fully saturated rings. The topological polar surface area (TPSA) is 81.2 Å². The molecule has 35 heavy (non-hydrogen) atoms. The second-order valence-electron chi connectivity index (χ2n) is 9.84. The molecule has 1 N–H and O–H groups in total. The summed E-state index contributed by atoms with van der Waals surface area (Å²) in [6, 6.07) is 8.84. The van der Waals surface area contributed by atoms with E-state index in [-0.39, 0.29) is 42.2 Å². The standard InChI is InChI=1S/C27H33N3O4S/c1-3-9-18(2)28-15-8-13-27-22(25(33)30(16-17-31)23(27)26(28)34)21-20(35-27)12-7-14-29(24(21)32)19-10-5-4-6-11-19/h4-8,10-13,18,20-23,31H,3,9,14-17H2,1-2H3/t18?,20-,21+,22+,23?,27+/m1/s1. The number of para-hydroxylation sites is 1. The second-order valence-corrected chi connectivity index (χ2v) is 11.3. The number of aliphatic hydroxyl groups is 1. The summed E-state index contributed by atoms with van der Waals surface area (Å²) in [5.41, 5.74) is 0.801. The molecule has 1 aromatic carbocycles. The molecule has 4 aliphatic rings. The molecule has 4 heterocycles. The molecule has 7 nitrogen and oxygen atoms in total. The molecule has 0 bridgehead atoms. The van der Waals surface area contributed by atoms with E-state index >= 15 is 0 Å². The molecule has 4 aliphatic heterocycles. The zero-order valence-corrected chi connectivity index (χ0v) is 21.1. The summed E-state index contributed by atoms with van der Waals surface area (Å²) in [5.74, 6) is -1.60. The number of thioether (sulfide) groups is 1. The summed E-state index contributed by atoms with van der Waals surface area (Å²) in [5, 5.41) is 9.61. The van der Waals surface area contributed by atoms with Crippen molar-refractivity contribution in [2.75, 3.05) is 31.1 Å². The van der Waals surface area contributed by atoms with Crippen molar-refractivity contribution >= 4 is 35.2 Å². The van der Waals surface area contributed by atoms with E-state index in [0.717, 1.165) is 18.5 Å². The number of fused-ring (bicyclic) bond motifs is 2. The van der Waals surface area contributed by atoms with E-state index in [9.17, 15) is 19.5 Å². The first-order valence-corrected chi connectivity index (χ1v) is 13.4. The first kappa shape index (κ1) is 24.1. The Labute approximate surface area is 210 Å². The van der Waals surface area contributed by atoms with Crippen LogP contribution in [0.1, 0.15) is 26.7 Å². The smallest absolute Gasteiger partial charge is 0.247 e. The summed E-state index contributed by atoms with van der Waals surface area (Å²) in [7, 11) is 0. The molecule has 0 aliphatic carbocycles. The molecule has 2 unspecified atom stereocenters. The van der Waals surface area contributed by atoms with Crippen LogP contribution in [0.4, 0.5) is 5.69 Å². The SMILES string of the molecule is CCCC(C)N1CC=C[C@]23S[C@@H]4C=CCN(c5ccccc5)C(=O)[C@@H]4[C@H]2C(=O)N(CCO)C3C1=O. The van der Waals surface area contributed by atoms with Gasteiger partial charge in [-0.2, -0.15) is 0 Å². The Morgan fingerprint density at radius 2 is 1.86 bits per heavy atom. The van der Waals surface area contributed by atoms with Gasteiger partial charge in [-0.1, -0.05) is 55.8 Å². The number of β-amino-alcohol motifs (C(OH)–C–C–N with tert-alkyl or cyclic N) is 1. The van der Waals surface area contributed by atoms with Crippen LogP contribution >= 0.6 is 11.8 Å². The number of likely N-dealkylation sites (tertiary alicyclic amines) is 1. The van der Waals surface area contributed by atoms with Crippen LogP contribution in [0.25, 0.3) is 0 Å². The minimum Gasteiger partial charge on any atom is -0.395 e. The number of carbonyl (C=O) groups is 3. The molecule has 0 saturated carbocycles. The number of rotatable bonds is 6. The van der Waals surface area contributed by atoms with Crippen molar-refractivity contribution in [2.45, 2.75) is 48.8 Å². The van der Waals surface area contributed by atoms with Gasteiger partial charge in [-0.3, -0.25) is 14.4 Å². The van der Waals surface area contributed by atoms with Gasteiger partial charge in [-0.15, -0.1) is 11.8 Å². The first-order valence-electron chi connectivity index (χ1n) is 12.5. The van der Waals surface area contributed by atoms with Crippen molar-refractivity contribution in [3.63, 3.8) is 0 Å². The largest absolute Gasteiger partial charge is 0.395 e. The molecule has 2 saturated heterocycles. The quantitative estimate of drug-likeness (QED) is 0.614.